The average molecular weight is 280 g/mol. The van der Waals surface area contributed by atoms with Crippen molar-refractivity contribution in [2.45, 2.75) is 38.3 Å². The number of benzene rings is 1. The van der Waals surface area contributed by atoms with Gasteiger partial charge in [0.15, 0.2) is 0 Å². The summed E-state index contributed by atoms with van der Waals surface area (Å²) in [6, 6.07) is 4.99. The molecule has 0 aromatic heterocycles. The molecule has 5 heteroatoms. The van der Waals surface area contributed by atoms with Crippen LogP contribution in [0.2, 0.25) is 0 Å². The van der Waals surface area contributed by atoms with Crippen molar-refractivity contribution in [2.75, 3.05) is 13.7 Å². The van der Waals surface area contributed by atoms with Crippen LogP contribution in [0.3, 0.4) is 0 Å². The van der Waals surface area contributed by atoms with E-state index in [1.807, 2.05) is 0 Å². The SMILES string of the molecule is COc1ccc(C(=O)NCC2CCCC(C)N2)c(F)c1. The monoisotopic (exact) mass is 280 g/mol. The Morgan fingerprint density at radius 2 is 2.30 bits per heavy atom. The highest BCUT2D eigenvalue weighted by Crippen LogP contribution is 2.16. The average Bonchev–Trinajstić information content (AvgIpc) is 2.44. The quantitative estimate of drug-likeness (QED) is 0.888. The third-order valence-electron chi connectivity index (χ3n) is 3.64. The number of amides is 1. The lowest BCUT2D eigenvalue weighted by atomic mass is 9.99. The van der Waals surface area contributed by atoms with Gasteiger partial charge >= 0.3 is 0 Å². The molecule has 2 unspecified atom stereocenters. The number of carbonyl (C=O) groups excluding carboxylic acids is 1. The van der Waals surface area contributed by atoms with E-state index in [1.165, 1.54) is 19.2 Å². The fourth-order valence-electron chi connectivity index (χ4n) is 2.52. The third kappa shape index (κ3) is 3.70. The molecule has 1 fully saturated rings. The maximum Gasteiger partial charge on any atom is 0.254 e. The van der Waals surface area contributed by atoms with E-state index < -0.39 is 5.82 Å². The number of piperidine rings is 1. The number of halogens is 1. The van der Waals surface area contributed by atoms with Gasteiger partial charge in [0.05, 0.1) is 12.7 Å². The molecule has 2 atom stereocenters. The molecule has 0 bridgehead atoms. The molecular weight excluding hydrogens is 259 g/mol. The number of methoxy groups -OCH3 is 1. The molecule has 1 saturated heterocycles. The minimum Gasteiger partial charge on any atom is -0.497 e. The minimum atomic E-state index is -0.563. The van der Waals surface area contributed by atoms with E-state index in [0.29, 0.717) is 18.3 Å². The van der Waals surface area contributed by atoms with Crippen LogP contribution in [-0.4, -0.2) is 31.6 Å². The molecule has 0 spiro atoms. The van der Waals surface area contributed by atoms with Crippen LogP contribution in [0, 0.1) is 5.82 Å². The number of rotatable bonds is 4. The van der Waals surface area contributed by atoms with Crippen LogP contribution < -0.4 is 15.4 Å². The van der Waals surface area contributed by atoms with E-state index in [4.69, 9.17) is 4.74 Å². The Morgan fingerprint density at radius 3 is 2.95 bits per heavy atom. The molecule has 0 aliphatic carbocycles. The summed E-state index contributed by atoms with van der Waals surface area (Å²) in [5, 5.41) is 6.21. The minimum absolute atomic E-state index is 0.0506. The highest BCUT2D eigenvalue weighted by molar-refractivity contribution is 5.94. The molecular formula is C15H21FN2O2. The molecule has 2 N–H and O–H groups in total. The molecule has 2 rings (SSSR count). The van der Waals surface area contributed by atoms with E-state index in [-0.39, 0.29) is 17.5 Å². The molecule has 1 aliphatic rings. The zero-order valence-corrected chi connectivity index (χ0v) is 11.9. The maximum atomic E-state index is 13.8. The van der Waals surface area contributed by atoms with Crippen molar-refractivity contribution in [1.82, 2.24) is 10.6 Å². The first kappa shape index (κ1) is 14.8. The fraction of sp³-hybridized carbons (Fsp3) is 0.533. The highest BCUT2D eigenvalue weighted by Gasteiger charge is 2.19. The van der Waals surface area contributed by atoms with Crippen LogP contribution in [0.5, 0.6) is 5.75 Å². The summed E-state index contributed by atoms with van der Waals surface area (Å²) < 4.78 is 18.7. The van der Waals surface area contributed by atoms with Crippen molar-refractivity contribution in [2.24, 2.45) is 0 Å². The standard InChI is InChI=1S/C15H21FN2O2/c1-10-4-3-5-11(18-10)9-17-15(19)13-7-6-12(20-2)8-14(13)16/h6-8,10-11,18H,3-5,9H2,1-2H3,(H,17,19). The molecule has 4 nitrogen and oxygen atoms in total. The van der Waals surface area contributed by atoms with Crippen molar-refractivity contribution < 1.29 is 13.9 Å². The summed E-state index contributed by atoms with van der Waals surface area (Å²) in [4.78, 5) is 12.0. The Kier molecular flexibility index (Phi) is 4.95. The summed E-state index contributed by atoms with van der Waals surface area (Å²) >= 11 is 0. The van der Waals surface area contributed by atoms with E-state index in [2.05, 4.69) is 17.6 Å². The maximum absolute atomic E-state index is 13.8. The van der Waals surface area contributed by atoms with Crippen molar-refractivity contribution in [3.05, 3.63) is 29.6 Å². The summed E-state index contributed by atoms with van der Waals surface area (Å²) in [7, 11) is 1.46. The second-order valence-corrected chi connectivity index (χ2v) is 5.25. The molecule has 1 aromatic carbocycles. The second kappa shape index (κ2) is 6.70. The van der Waals surface area contributed by atoms with E-state index in [9.17, 15) is 9.18 Å². The van der Waals surface area contributed by atoms with E-state index >= 15 is 0 Å². The molecule has 20 heavy (non-hydrogen) atoms. The van der Waals surface area contributed by atoms with E-state index in [0.717, 1.165) is 19.3 Å². The molecule has 1 aliphatic heterocycles. The molecule has 0 saturated carbocycles. The van der Waals surface area contributed by atoms with Crippen LogP contribution in [0.25, 0.3) is 0 Å². The molecule has 110 valence electrons. The number of nitrogens with one attached hydrogen (secondary N) is 2. The normalized spacial score (nSPS) is 22.4. The second-order valence-electron chi connectivity index (χ2n) is 5.25. The lowest BCUT2D eigenvalue weighted by Gasteiger charge is -2.28. The lowest BCUT2D eigenvalue weighted by molar-refractivity contribution is 0.0942. The number of hydrogen-bond donors (Lipinski definition) is 2. The molecule has 1 aromatic rings. The van der Waals surface area contributed by atoms with Gasteiger partial charge in [-0.3, -0.25) is 4.79 Å². The van der Waals surface area contributed by atoms with Gasteiger partial charge in [0.25, 0.3) is 5.91 Å². The van der Waals surface area contributed by atoms with Gasteiger partial charge in [-0.05, 0) is 31.9 Å². The largest absolute Gasteiger partial charge is 0.497 e. The van der Waals surface area contributed by atoms with Crippen LogP contribution in [0.4, 0.5) is 4.39 Å². The lowest BCUT2D eigenvalue weighted by Crippen LogP contribution is -2.47. The van der Waals surface area contributed by atoms with Crippen LogP contribution in [0.1, 0.15) is 36.5 Å². The molecule has 0 radical (unpaired) electrons. The van der Waals surface area contributed by atoms with Gasteiger partial charge in [-0.25, -0.2) is 4.39 Å². The summed E-state index contributed by atoms with van der Waals surface area (Å²) in [6.07, 6.45) is 3.36. The van der Waals surface area contributed by atoms with Crippen LogP contribution in [0.15, 0.2) is 18.2 Å². The first-order valence-corrected chi connectivity index (χ1v) is 6.98. The fourth-order valence-corrected chi connectivity index (χ4v) is 2.52. The topological polar surface area (TPSA) is 50.4 Å². The van der Waals surface area contributed by atoms with E-state index in [1.54, 1.807) is 6.07 Å². The molecule has 1 heterocycles. The van der Waals surface area contributed by atoms with Gasteiger partial charge in [0.2, 0.25) is 0 Å². The summed E-state index contributed by atoms with van der Waals surface area (Å²) in [5.41, 5.74) is 0.0506. The van der Waals surface area contributed by atoms with Crippen molar-refractivity contribution in [1.29, 1.82) is 0 Å². The Bertz CT molecular complexity index is 479. The Hall–Kier alpha value is -1.62. The Morgan fingerprint density at radius 1 is 1.50 bits per heavy atom. The van der Waals surface area contributed by atoms with Gasteiger partial charge in [0, 0.05) is 24.7 Å². The highest BCUT2D eigenvalue weighted by atomic mass is 19.1. The predicted molar refractivity (Wildman–Crippen MR) is 75.5 cm³/mol. The van der Waals surface area contributed by atoms with Crippen LogP contribution in [-0.2, 0) is 0 Å². The first-order valence-electron chi connectivity index (χ1n) is 6.98. The Balaban J connectivity index is 1.91. The zero-order chi connectivity index (χ0) is 14.5. The smallest absolute Gasteiger partial charge is 0.254 e. The summed E-state index contributed by atoms with van der Waals surface area (Å²) in [5.74, 6) is -0.543. The van der Waals surface area contributed by atoms with Crippen molar-refractivity contribution >= 4 is 5.91 Å². The number of ether oxygens (including phenoxy) is 1. The number of hydrogen-bond acceptors (Lipinski definition) is 3. The Labute approximate surface area is 118 Å². The zero-order valence-electron chi connectivity index (χ0n) is 11.9. The number of carbonyl (C=O) groups is 1. The molecule has 1 amide bonds. The van der Waals surface area contributed by atoms with Gasteiger partial charge in [-0.1, -0.05) is 6.42 Å². The van der Waals surface area contributed by atoms with Gasteiger partial charge in [0.1, 0.15) is 11.6 Å². The van der Waals surface area contributed by atoms with Crippen LogP contribution >= 0.6 is 0 Å². The van der Waals surface area contributed by atoms with Gasteiger partial charge in [-0.2, -0.15) is 0 Å². The third-order valence-corrected chi connectivity index (χ3v) is 3.64. The van der Waals surface area contributed by atoms with Gasteiger partial charge in [-0.15, -0.1) is 0 Å². The first-order chi connectivity index (χ1) is 9.60. The van der Waals surface area contributed by atoms with Gasteiger partial charge < -0.3 is 15.4 Å². The van der Waals surface area contributed by atoms with Crippen molar-refractivity contribution in [3.63, 3.8) is 0 Å². The predicted octanol–water partition coefficient (Wildman–Crippen LogP) is 2.09. The summed E-state index contributed by atoms with van der Waals surface area (Å²) in [6.45, 7) is 2.66. The van der Waals surface area contributed by atoms with Crippen molar-refractivity contribution in [3.8, 4) is 5.75 Å².